The number of hydrogen-bond acceptors (Lipinski definition) is 3. The molecule has 4 heteroatoms. The van der Waals surface area contributed by atoms with Crippen LogP contribution in [0.2, 0.25) is 0 Å². The number of hydrogen-bond donors (Lipinski definition) is 0. The molecule has 1 aliphatic heterocycles. The second-order valence-corrected chi connectivity index (χ2v) is 7.22. The molecule has 1 aromatic rings. The van der Waals surface area contributed by atoms with Crippen molar-refractivity contribution in [3.63, 3.8) is 0 Å². The van der Waals surface area contributed by atoms with Crippen molar-refractivity contribution in [2.75, 3.05) is 38.3 Å². The normalized spacial score (nSPS) is 19.3. The fourth-order valence-corrected chi connectivity index (χ4v) is 3.79. The van der Waals surface area contributed by atoms with E-state index < -0.39 is 0 Å². The Kier molecular flexibility index (Phi) is 6.13. The first kappa shape index (κ1) is 17.3. The third-order valence-corrected chi connectivity index (χ3v) is 5.35. The van der Waals surface area contributed by atoms with E-state index in [4.69, 9.17) is 4.74 Å². The Bertz CT molecular complexity index is 517. The predicted molar refractivity (Wildman–Crippen MR) is 97.1 cm³/mol. The number of benzene rings is 1. The highest BCUT2D eigenvalue weighted by atomic mass is 16.5. The Morgan fingerprint density at radius 1 is 1.12 bits per heavy atom. The Labute approximate surface area is 145 Å². The van der Waals surface area contributed by atoms with Crippen molar-refractivity contribution in [3.05, 3.63) is 29.8 Å². The zero-order valence-electron chi connectivity index (χ0n) is 14.9. The number of anilines is 1. The van der Waals surface area contributed by atoms with E-state index in [2.05, 4.69) is 29.2 Å². The van der Waals surface area contributed by atoms with E-state index in [9.17, 15) is 4.79 Å². The van der Waals surface area contributed by atoms with Gasteiger partial charge in [0.05, 0.1) is 13.2 Å². The van der Waals surface area contributed by atoms with Crippen molar-refractivity contribution in [1.29, 1.82) is 0 Å². The summed E-state index contributed by atoms with van der Waals surface area (Å²) in [6, 6.07) is 8.63. The lowest BCUT2D eigenvalue weighted by Crippen LogP contribution is -2.36. The molecule has 3 rings (SSSR count). The van der Waals surface area contributed by atoms with Crippen LogP contribution in [0.1, 0.15) is 44.1 Å². The largest absolute Gasteiger partial charge is 0.378 e. The molecule has 0 atom stereocenters. The zero-order chi connectivity index (χ0) is 16.8. The molecular weight excluding hydrogens is 300 g/mol. The van der Waals surface area contributed by atoms with Gasteiger partial charge in [-0.1, -0.05) is 31.4 Å². The van der Waals surface area contributed by atoms with Crippen LogP contribution in [0.4, 0.5) is 5.69 Å². The molecule has 0 bridgehead atoms. The minimum Gasteiger partial charge on any atom is -0.378 e. The summed E-state index contributed by atoms with van der Waals surface area (Å²) in [4.78, 5) is 16.7. The molecule has 0 spiro atoms. The van der Waals surface area contributed by atoms with Gasteiger partial charge in [0.2, 0.25) is 5.91 Å². The Morgan fingerprint density at radius 2 is 1.79 bits per heavy atom. The molecular formula is C20H30N2O2. The predicted octanol–water partition coefficient (Wildman–Crippen LogP) is 3.45. The molecule has 0 radical (unpaired) electrons. The molecule has 1 aliphatic carbocycles. The summed E-state index contributed by atoms with van der Waals surface area (Å²) in [5, 5.41) is 0. The fourth-order valence-electron chi connectivity index (χ4n) is 3.79. The van der Waals surface area contributed by atoms with E-state index in [0.29, 0.717) is 18.4 Å². The average Bonchev–Trinajstić information content (AvgIpc) is 2.64. The molecule has 2 fully saturated rings. The van der Waals surface area contributed by atoms with Crippen molar-refractivity contribution in [2.45, 2.75) is 45.1 Å². The summed E-state index contributed by atoms with van der Waals surface area (Å²) in [5.41, 5.74) is 2.45. The van der Waals surface area contributed by atoms with Crippen LogP contribution in [0.3, 0.4) is 0 Å². The Morgan fingerprint density at radius 3 is 2.46 bits per heavy atom. The van der Waals surface area contributed by atoms with Crippen LogP contribution in [0.15, 0.2) is 24.3 Å². The van der Waals surface area contributed by atoms with Gasteiger partial charge in [-0.05, 0) is 36.5 Å². The summed E-state index contributed by atoms with van der Waals surface area (Å²) in [6.07, 6.45) is 7.12. The maximum atomic E-state index is 12.4. The maximum absolute atomic E-state index is 12.4. The van der Waals surface area contributed by atoms with Crippen molar-refractivity contribution < 1.29 is 9.53 Å². The summed E-state index contributed by atoms with van der Waals surface area (Å²) in [7, 11) is 1.93. The van der Waals surface area contributed by atoms with E-state index in [0.717, 1.165) is 32.7 Å². The number of rotatable bonds is 5. The first-order valence-corrected chi connectivity index (χ1v) is 9.38. The van der Waals surface area contributed by atoms with Crippen LogP contribution in [0.5, 0.6) is 0 Å². The van der Waals surface area contributed by atoms with Crippen molar-refractivity contribution in [2.24, 2.45) is 5.92 Å². The lowest BCUT2D eigenvalue weighted by Gasteiger charge is -2.29. The van der Waals surface area contributed by atoms with E-state index in [1.54, 1.807) is 0 Å². The number of morpholine rings is 1. The smallest absolute Gasteiger partial charge is 0.222 e. The van der Waals surface area contributed by atoms with Gasteiger partial charge < -0.3 is 14.5 Å². The third kappa shape index (κ3) is 4.73. The van der Waals surface area contributed by atoms with Crippen LogP contribution >= 0.6 is 0 Å². The van der Waals surface area contributed by atoms with Gasteiger partial charge in [-0.2, -0.15) is 0 Å². The zero-order valence-corrected chi connectivity index (χ0v) is 14.9. The van der Waals surface area contributed by atoms with Crippen molar-refractivity contribution in [3.8, 4) is 0 Å². The van der Waals surface area contributed by atoms with E-state index in [1.165, 1.54) is 43.4 Å². The molecule has 2 aliphatic rings. The first-order valence-electron chi connectivity index (χ1n) is 9.38. The molecule has 1 saturated heterocycles. The standard InChI is InChI=1S/C20H30N2O2/c1-21(20(23)15-17-5-3-2-4-6-17)16-18-7-9-19(10-8-18)22-11-13-24-14-12-22/h7-10,17H,2-6,11-16H2,1H3. The second kappa shape index (κ2) is 8.52. The van der Waals surface area contributed by atoms with Crippen LogP contribution in [0.25, 0.3) is 0 Å². The highest BCUT2D eigenvalue weighted by Crippen LogP contribution is 2.27. The van der Waals surface area contributed by atoms with Crippen molar-refractivity contribution in [1.82, 2.24) is 4.90 Å². The molecule has 0 aromatic heterocycles. The van der Waals surface area contributed by atoms with Crippen LogP contribution in [-0.2, 0) is 16.1 Å². The quantitative estimate of drug-likeness (QED) is 0.829. The molecule has 1 aromatic carbocycles. The van der Waals surface area contributed by atoms with Gasteiger partial charge in [-0.15, -0.1) is 0 Å². The number of ether oxygens (including phenoxy) is 1. The lowest BCUT2D eigenvalue weighted by atomic mass is 9.86. The number of nitrogens with zero attached hydrogens (tertiary/aromatic N) is 2. The topological polar surface area (TPSA) is 32.8 Å². The highest BCUT2D eigenvalue weighted by molar-refractivity contribution is 5.76. The van der Waals surface area contributed by atoms with Gasteiger partial charge in [0, 0.05) is 38.8 Å². The van der Waals surface area contributed by atoms with Crippen molar-refractivity contribution >= 4 is 11.6 Å². The molecule has 24 heavy (non-hydrogen) atoms. The Balaban J connectivity index is 1.49. The number of amides is 1. The number of carbonyl (C=O) groups excluding carboxylic acids is 1. The van der Waals surface area contributed by atoms with Crippen LogP contribution in [0, 0.1) is 5.92 Å². The molecule has 132 valence electrons. The summed E-state index contributed by atoms with van der Waals surface area (Å²) in [5.74, 6) is 0.900. The minimum absolute atomic E-state index is 0.291. The average molecular weight is 330 g/mol. The van der Waals surface area contributed by atoms with Gasteiger partial charge in [0.15, 0.2) is 0 Å². The van der Waals surface area contributed by atoms with Gasteiger partial charge in [-0.25, -0.2) is 0 Å². The maximum Gasteiger partial charge on any atom is 0.222 e. The van der Waals surface area contributed by atoms with Gasteiger partial charge in [0.1, 0.15) is 0 Å². The second-order valence-electron chi connectivity index (χ2n) is 7.22. The van der Waals surface area contributed by atoms with E-state index >= 15 is 0 Å². The molecule has 4 nitrogen and oxygen atoms in total. The Hall–Kier alpha value is -1.55. The lowest BCUT2D eigenvalue weighted by molar-refractivity contribution is -0.131. The van der Waals surface area contributed by atoms with Crippen LogP contribution in [-0.4, -0.2) is 44.2 Å². The van der Waals surface area contributed by atoms with Crippen LogP contribution < -0.4 is 4.90 Å². The molecule has 0 N–H and O–H groups in total. The molecule has 1 heterocycles. The SMILES string of the molecule is CN(Cc1ccc(N2CCOCC2)cc1)C(=O)CC1CCCCC1. The monoisotopic (exact) mass is 330 g/mol. The highest BCUT2D eigenvalue weighted by Gasteiger charge is 2.19. The van der Waals surface area contributed by atoms with E-state index in [-0.39, 0.29) is 0 Å². The van der Waals surface area contributed by atoms with Gasteiger partial charge in [0.25, 0.3) is 0 Å². The summed E-state index contributed by atoms with van der Waals surface area (Å²) in [6.45, 7) is 4.23. The van der Waals surface area contributed by atoms with E-state index in [1.807, 2.05) is 11.9 Å². The number of carbonyl (C=O) groups is 1. The van der Waals surface area contributed by atoms with Gasteiger partial charge in [-0.3, -0.25) is 4.79 Å². The fraction of sp³-hybridized carbons (Fsp3) is 0.650. The minimum atomic E-state index is 0.291. The third-order valence-electron chi connectivity index (χ3n) is 5.35. The molecule has 0 unspecified atom stereocenters. The van der Waals surface area contributed by atoms with Gasteiger partial charge >= 0.3 is 0 Å². The molecule has 1 amide bonds. The first-order chi connectivity index (χ1) is 11.7. The summed E-state index contributed by atoms with van der Waals surface area (Å²) >= 11 is 0. The molecule has 1 saturated carbocycles. The summed E-state index contributed by atoms with van der Waals surface area (Å²) < 4.78 is 5.40.